The number of rotatable bonds is 4. The Balaban J connectivity index is 1.94. The molecule has 1 heterocycles. The largest absolute Gasteiger partial charge is 0.280 e. The number of benzene rings is 2. The average Bonchev–Trinajstić information content (AvgIpc) is 2.54. The van der Waals surface area contributed by atoms with Gasteiger partial charge in [0.2, 0.25) is 0 Å². The van der Waals surface area contributed by atoms with E-state index in [1.54, 1.807) is 37.4 Å². The van der Waals surface area contributed by atoms with Crippen molar-refractivity contribution >= 4 is 38.9 Å². The summed E-state index contributed by atoms with van der Waals surface area (Å²) in [5.41, 5.74) is 1.88. The van der Waals surface area contributed by atoms with Crippen LogP contribution in [0.25, 0.3) is 11.3 Å². The van der Waals surface area contributed by atoms with Gasteiger partial charge in [-0.05, 0) is 43.3 Å². The van der Waals surface area contributed by atoms with Crippen molar-refractivity contribution in [3.63, 3.8) is 0 Å². The quantitative estimate of drug-likeness (QED) is 0.704. The van der Waals surface area contributed by atoms with Gasteiger partial charge in [0.15, 0.2) is 0 Å². The molecule has 1 N–H and O–H groups in total. The molecular weight excluding hydrogens is 381 g/mol. The first-order valence-corrected chi connectivity index (χ1v) is 9.47. The fraction of sp³-hybridized carbons (Fsp3) is 0.0588. The number of anilines is 1. The van der Waals surface area contributed by atoms with E-state index in [0.717, 1.165) is 5.56 Å². The molecule has 3 rings (SSSR count). The minimum atomic E-state index is -3.84. The van der Waals surface area contributed by atoms with Crippen LogP contribution in [0, 0.1) is 6.92 Å². The molecule has 0 aliphatic rings. The second-order valence-electron chi connectivity index (χ2n) is 5.25. The third-order valence-electron chi connectivity index (χ3n) is 3.37. The molecule has 1 aromatic heterocycles. The lowest BCUT2D eigenvalue weighted by atomic mass is 10.1. The van der Waals surface area contributed by atoms with Gasteiger partial charge < -0.3 is 0 Å². The number of aromatic nitrogens is 2. The molecule has 128 valence electrons. The third kappa shape index (κ3) is 4.10. The molecule has 0 bridgehead atoms. The highest BCUT2D eigenvalue weighted by Gasteiger charge is 2.18. The first kappa shape index (κ1) is 17.7. The van der Waals surface area contributed by atoms with Crippen molar-refractivity contribution in [2.24, 2.45) is 0 Å². The van der Waals surface area contributed by atoms with E-state index in [1.807, 2.05) is 6.07 Å². The van der Waals surface area contributed by atoms with Crippen LogP contribution in [-0.2, 0) is 10.0 Å². The Bertz CT molecular complexity index is 1040. The highest BCUT2D eigenvalue weighted by Crippen LogP contribution is 2.28. The zero-order chi connectivity index (χ0) is 18.0. The Labute approximate surface area is 155 Å². The van der Waals surface area contributed by atoms with Crippen molar-refractivity contribution in [2.45, 2.75) is 11.8 Å². The van der Waals surface area contributed by atoms with Crippen LogP contribution >= 0.6 is 23.2 Å². The highest BCUT2D eigenvalue weighted by molar-refractivity contribution is 7.92. The van der Waals surface area contributed by atoms with Crippen molar-refractivity contribution in [2.75, 3.05) is 4.72 Å². The first-order chi connectivity index (χ1) is 11.8. The molecule has 2 aromatic carbocycles. The summed E-state index contributed by atoms with van der Waals surface area (Å²) in [6.07, 6.45) is 1.65. The molecule has 0 atom stereocenters. The highest BCUT2D eigenvalue weighted by atomic mass is 35.5. The van der Waals surface area contributed by atoms with Crippen LogP contribution in [0.5, 0.6) is 0 Å². The van der Waals surface area contributed by atoms with Crippen molar-refractivity contribution < 1.29 is 8.42 Å². The maximum absolute atomic E-state index is 12.6. The Hall–Kier alpha value is -2.15. The van der Waals surface area contributed by atoms with Gasteiger partial charge in [-0.15, -0.1) is 0 Å². The van der Waals surface area contributed by atoms with Crippen LogP contribution in [0.2, 0.25) is 10.0 Å². The lowest BCUT2D eigenvalue weighted by molar-refractivity contribution is 0.601. The van der Waals surface area contributed by atoms with Gasteiger partial charge in [-0.25, -0.2) is 18.4 Å². The molecule has 0 saturated heterocycles. The third-order valence-corrected chi connectivity index (χ3v) is 5.47. The second-order valence-corrected chi connectivity index (χ2v) is 7.74. The molecule has 5 nitrogen and oxygen atoms in total. The van der Waals surface area contributed by atoms with E-state index in [4.69, 9.17) is 23.2 Å². The van der Waals surface area contributed by atoms with Gasteiger partial charge in [0.1, 0.15) is 10.7 Å². The maximum Gasteiger partial charge on any atom is 0.263 e. The predicted molar refractivity (Wildman–Crippen MR) is 99.5 cm³/mol. The maximum atomic E-state index is 12.6. The minimum absolute atomic E-state index is 0.0400. The van der Waals surface area contributed by atoms with Crippen LogP contribution in [-0.4, -0.2) is 18.4 Å². The normalized spacial score (nSPS) is 11.3. The predicted octanol–water partition coefficient (Wildman–Crippen LogP) is 4.56. The molecule has 3 aromatic rings. The van der Waals surface area contributed by atoms with E-state index in [9.17, 15) is 8.42 Å². The molecule has 0 aliphatic heterocycles. The number of sulfonamides is 1. The van der Waals surface area contributed by atoms with E-state index in [1.165, 1.54) is 18.2 Å². The fourth-order valence-corrected chi connectivity index (χ4v) is 4.09. The van der Waals surface area contributed by atoms with Gasteiger partial charge in [0.25, 0.3) is 10.0 Å². The molecular formula is C17H13Cl2N3O2S. The Morgan fingerprint density at radius 1 is 1.04 bits per heavy atom. The number of aryl methyl sites for hydroxylation is 1. The number of halogens is 2. The summed E-state index contributed by atoms with van der Waals surface area (Å²) in [6, 6.07) is 12.9. The van der Waals surface area contributed by atoms with Gasteiger partial charge in [-0.1, -0.05) is 35.3 Å². The van der Waals surface area contributed by atoms with Crippen molar-refractivity contribution in [1.82, 2.24) is 9.97 Å². The molecule has 0 spiro atoms. The van der Waals surface area contributed by atoms with Gasteiger partial charge in [0, 0.05) is 22.5 Å². The lowest BCUT2D eigenvalue weighted by Crippen LogP contribution is -2.13. The Morgan fingerprint density at radius 2 is 1.84 bits per heavy atom. The smallest absolute Gasteiger partial charge is 0.263 e. The van der Waals surface area contributed by atoms with Crippen LogP contribution < -0.4 is 4.72 Å². The van der Waals surface area contributed by atoms with Crippen LogP contribution in [0.15, 0.2) is 59.6 Å². The molecule has 0 radical (unpaired) electrons. The lowest BCUT2D eigenvalue weighted by Gasteiger charge is -2.11. The second kappa shape index (κ2) is 7.00. The summed E-state index contributed by atoms with van der Waals surface area (Å²) in [5.74, 6) is 0.636. The molecule has 0 amide bonds. The summed E-state index contributed by atoms with van der Waals surface area (Å²) in [6.45, 7) is 1.79. The molecule has 0 fully saturated rings. The average molecular weight is 394 g/mol. The zero-order valence-corrected chi connectivity index (χ0v) is 15.4. The fourth-order valence-electron chi connectivity index (χ4n) is 2.26. The SMILES string of the molecule is Cc1nccc(-c2cccc(NS(=O)(=O)c3ccc(Cl)cc3Cl)c2)n1. The first-order valence-electron chi connectivity index (χ1n) is 7.23. The van der Waals surface area contributed by atoms with Crippen molar-refractivity contribution in [3.05, 3.63) is 70.6 Å². The van der Waals surface area contributed by atoms with E-state index >= 15 is 0 Å². The van der Waals surface area contributed by atoms with E-state index in [0.29, 0.717) is 22.2 Å². The summed E-state index contributed by atoms with van der Waals surface area (Å²) in [5, 5.41) is 0.424. The van der Waals surface area contributed by atoms with E-state index in [2.05, 4.69) is 14.7 Å². The zero-order valence-electron chi connectivity index (χ0n) is 13.1. The Morgan fingerprint density at radius 3 is 2.56 bits per heavy atom. The summed E-state index contributed by atoms with van der Waals surface area (Å²) in [4.78, 5) is 8.35. The van der Waals surface area contributed by atoms with Gasteiger partial charge >= 0.3 is 0 Å². The molecule has 0 unspecified atom stereocenters. The van der Waals surface area contributed by atoms with Crippen molar-refractivity contribution in [1.29, 1.82) is 0 Å². The van der Waals surface area contributed by atoms with Crippen LogP contribution in [0.4, 0.5) is 5.69 Å². The van der Waals surface area contributed by atoms with Crippen molar-refractivity contribution in [3.8, 4) is 11.3 Å². The standard InChI is InChI=1S/C17H13Cl2N3O2S/c1-11-20-8-7-16(21-11)12-3-2-4-14(9-12)22-25(23,24)17-6-5-13(18)10-15(17)19/h2-10,22H,1H3. The Kier molecular flexibility index (Phi) is 4.94. The number of nitrogens with zero attached hydrogens (tertiary/aromatic N) is 2. The number of hydrogen-bond donors (Lipinski definition) is 1. The van der Waals surface area contributed by atoms with Crippen LogP contribution in [0.3, 0.4) is 0 Å². The van der Waals surface area contributed by atoms with Gasteiger partial charge in [-0.2, -0.15) is 0 Å². The van der Waals surface area contributed by atoms with Gasteiger partial charge in [0.05, 0.1) is 10.7 Å². The molecule has 8 heteroatoms. The van der Waals surface area contributed by atoms with E-state index in [-0.39, 0.29) is 9.92 Å². The molecule has 0 saturated carbocycles. The molecule has 0 aliphatic carbocycles. The van der Waals surface area contributed by atoms with E-state index < -0.39 is 10.0 Å². The van der Waals surface area contributed by atoms with Crippen LogP contribution in [0.1, 0.15) is 5.82 Å². The topological polar surface area (TPSA) is 72.0 Å². The monoisotopic (exact) mass is 393 g/mol. The summed E-state index contributed by atoms with van der Waals surface area (Å²) >= 11 is 11.8. The summed E-state index contributed by atoms with van der Waals surface area (Å²) in [7, 11) is -3.84. The minimum Gasteiger partial charge on any atom is -0.280 e. The van der Waals surface area contributed by atoms with Gasteiger partial charge in [-0.3, -0.25) is 4.72 Å². The number of nitrogens with one attached hydrogen (secondary N) is 1. The molecule has 25 heavy (non-hydrogen) atoms. The number of hydrogen-bond acceptors (Lipinski definition) is 4. The summed E-state index contributed by atoms with van der Waals surface area (Å²) < 4.78 is 27.7.